The Morgan fingerprint density at radius 2 is 2.04 bits per heavy atom. The predicted octanol–water partition coefficient (Wildman–Crippen LogP) is 2.95. The number of hydrogen-bond donors (Lipinski definition) is 1. The molecule has 5 heteroatoms. The molecule has 1 amide bonds. The van der Waals surface area contributed by atoms with E-state index in [1.165, 1.54) is 31.2 Å². The molecule has 0 aromatic carbocycles. The SMILES string of the molecule is CCN(CC(=O)N1CCCCCC1c1c(C)n[nH]c1C)C1CC1. The molecule has 2 heterocycles. The minimum Gasteiger partial charge on any atom is -0.334 e. The van der Waals surface area contributed by atoms with Crippen LogP contribution < -0.4 is 0 Å². The fraction of sp³-hybridized carbons (Fsp3) is 0.778. The Bertz CT molecular complexity index is 530. The highest BCUT2D eigenvalue weighted by Crippen LogP contribution is 2.34. The molecule has 1 aliphatic heterocycles. The number of nitrogens with one attached hydrogen (secondary N) is 1. The molecule has 1 N–H and O–H groups in total. The van der Waals surface area contributed by atoms with E-state index in [1.54, 1.807) is 0 Å². The van der Waals surface area contributed by atoms with E-state index < -0.39 is 0 Å². The molecule has 1 aliphatic carbocycles. The van der Waals surface area contributed by atoms with E-state index in [0.717, 1.165) is 37.3 Å². The highest BCUT2D eigenvalue weighted by atomic mass is 16.2. The minimum absolute atomic E-state index is 0.196. The van der Waals surface area contributed by atoms with Crippen LogP contribution in [0.5, 0.6) is 0 Å². The molecule has 0 spiro atoms. The van der Waals surface area contributed by atoms with Gasteiger partial charge in [0.15, 0.2) is 0 Å². The number of carbonyl (C=O) groups is 1. The van der Waals surface area contributed by atoms with Crippen molar-refractivity contribution in [1.82, 2.24) is 20.0 Å². The van der Waals surface area contributed by atoms with Gasteiger partial charge in [0.1, 0.15) is 0 Å². The second-order valence-corrected chi connectivity index (χ2v) is 7.09. The number of H-pyrrole nitrogens is 1. The Morgan fingerprint density at radius 1 is 1.26 bits per heavy atom. The molecule has 1 aromatic rings. The van der Waals surface area contributed by atoms with Crippen molar-refractivity contribution >= 4 is 5.91 Å². The van der Waals surface area contributed by atoms with Crippen LogP contribution in [0.15, 0.2) is 0 Å². The van der Waals surface area contributed by atoms with Crippen LogP contribution in [0, 0.1) is 13.8 Å². The van der Waals surface area contributed by atoms with Gasteiger partial charge in [0.25, 0.3) is 0 Å². The molecule has 2 aliphatic rings. The van der Waals surface area contributed by atoms with E-state index in [2.05, 4.69) is 40.8 Å². The number of amides is 1. The summed E-state index contributed by atoms with van der Waals surface area (Å²) in [5.41, 5.74) is 3.40. The molecule has 1 aromatic heterocycles. The third-order valence-corrected chi connectivity index (χ3v) is 5.40. The second-order valence-electron chi connectivity index (χ2n) is 7.09. The summed E-state index contributed by atoms with van der Waals surface area (Å²) >= 11 is 0. The number of aromatic amines is 1. The number of nitrogens with zero attached hydrogens (tertiary/aromatic N) is 3. The topological polar surface area (TPSA) is 52.2 Å². The van der Waals surface area contributed by atoms with Gasteiger partial charge in [-0.15, -0.1) is 0 Å². The standard InChI is InChI=1S/C18H30N4O/c1-4-21(15-9-10-15)12-17(23)22-11-7-5-6-8-16(22)18-13(2)19-20-14(18)3/h15-16H,4-12H2,1-3H3,(H,19,20). The fourth-order valence-corrected chi connectivity index (χ4v) is 3.96. The normalized spacial score (nSPS) is 22.4. The van der Waals surface area contributed by atoms with Crippen molar-refractivity contribution < 1.29 is 4.79 Å². The maximum Gasteiger partial charge on any atom is 0.237 e. The zero-order valence-electron chi connectivity index (χ0n) is 14.8. The van der Waals surface area contributed by atoms with Gasteiger partial charge in [0.05, 0.1) is 18.3 Å². The first-order chi connectivity index (χ1) is 11.1. The number of hydrogen-bond acceptors (Lipinski definition) is 3. The fourth-order valence-electron chi connectivity index (χ4n) is 3.96. The van der Waals surface area contributed by atoms with Crippen LogP contribution in [0.3, 0.4) is 0 Å². The molecule has 0 bridgehead atoms. The summed E-state index contributed by atoms with van der Waals surface area (Å²) in [5.74, 6) is 0.297. The largest absolute Gasteiger partial charge is 0.334 e. The van der Waals surface area contributed by atoms with Crippen molar-refractivity contribution in [2.45, 2.75) is 71.4 Å². The highest BCUT2D eigenvalue weighted by Gasteiger charge is 2.34. The lowest BCUT2D eigenvalue weighted by Gasteiger charge is -2.32. The summed E-state index contributed by atoms with van der Waals surface area (Å²) in [4.78, 5) is 17.5. The van der Waals surface area contributed by atoms with Crippen LogP contribution in [0.1, 0.15) is 68.4 Å². The van der Waals surface area contributed by atoms with Gasteiger partial charge in [-0.1, -0.05) is 19.8 Å². The number of carbonyl (C=O) groups excluding carboxylic acids is 1. The van der Waals surface area contributed by atoms with Crippen molar-refractivity contribution in [1.29, 1.82) is 0 Å². The van der Waals surface area contributed by atoms with Crippen molar-refractivity contribution in [3.63, 3.8) is 0 Å². The molecule has 1 atom stereocenters. The summed E-state index contributed by atoms with van der Waals surface area (Å²) in [5, 5.41) is 7.45. The summed E-state index contributed by atoms with van der Waals surface area (Å²) in [6.45, 7) is 8.72. The molecular weight excluding hydrogens is 288 g/mol. The molecule has 1 unspecified atom stereocenters. The van der Waals surface area contributed by atoms with Crippen LogP contribution in [0.2, 0.25) is 0 Å². The number of likely N-dealkylation sites (N-methyl/N-ethyl adjacent to an activating group) is 1. The lowest BCUT2D eigenvalue weighted by atomic mass is 9.99. The van der Waals surface area contributed by atoms with Gasteiger partial charge in [-0.3, -0.25) is 14.8 Å². The van der Waals surface area contributed by atoms with Gasteiger partial charge in [-0.2, -0.15) is 5.10 Å². The summed E-state index contributed by atoms with van der Waals surface area (Å²) < 4.78 is 0. The Labute approximate surface area is 139 Å². The number of likely N-dealkylation sites (tertiary alicyclic amines) is 1. The van der Waals surface area contributed by atoms with Gasteiger partial charge in [-0.25, -0.2) is 0 Å². The van der Waals surface area contributed by atoms with Crippen LogP contribution >= 0.6 is 0 Å². The molecule has 23 heavy (non-hydrogen) atoms. The van der Waals surface area contributed by atoms with Gasteiger partial charge < -0.3 is 4.90 Å². The van der Waals surface area contributed by atoms with Crippen LogP contribution in [0.4, 0.5) is 0 Å². The lowest BCUT2D eigenvalue weighted by molar-refractivity contribution is -0.135. The van der Waals surface area contributed by atoms with E-state index >= 15 is 0 Å². The maximum absolute atomic E-state index is 13.0. The molecule has 128 valence electrons. The molecule has 5 nitrogen and oxygen atoms in total. The van der Waals surface area contributed by atoms with Gasteiger partial charge >= 0.3 is 0 Å². The average Bonchev–Trinajstić information content (AvgIpc) is 3.34. The Morgan fingerprint density at radius 3 is 2.65 bits per heavy atom. The summed E-state index contributed by atoms with van der Waals surface area (Å²) in [6, 6.07) is 0.841. The zero-order valence-corrected chi connectivity index (χ0v) is 14.8. The van der Waals surface area contributed by atoms with Crippen molar-refractivity contribution in [3.05, 3.63) is 17.0 Å². The Kier molecular flexibility index (Phi) is 5.05. The number of aromatic nitrogens is 2. The molecule has 3 rings (SSSR count). The summed E-state index contributed by atoms with van der Waals surface area (Å²) in [7, 11) is 0. The highest BCUT2D eigenvalue weighted by molar-refractivity contribution is 5.79. The van der Waals surface area contributed by atoms with Crippen molar-refractivity contribution in [3.8, 4) is 0 Å². The van der Waals surface area contributed by atoms with E-state index in [1.807, 2.05) is 0 Å². The third-order valence-electron chi connectivity index (χ3n) is 5.40. The van der Waals surface area contributed by atoms with Crippen LogP contribution in [0.25, 0.3) is 0 Å². The first kappa shape index (κ1) is 16.5. The van der Waals surface area contributed by atoms with E-state index in [4.69, 9.17) is 0 Å². The number of aryl methyl sites for hydroxylation is 2. The molecule has 2 fully saturated rings. The number of rotatable bonds is 5. The Hall–Kier alpha value is -1.36. The molecular formula is C18H30N4O. The van der Waals surface area contributed by atoms with E-state index in [9.17, 15) is 4.79 Å². The quantitative estimate of drug-likeness (QED) is 0.908. The average molecular weight is 318 g/mol. The van der Waals surface area contributed by atoms with E-state index in [-0.39, 0.29) is 6.04 Å². The van der Waals surface area contributed by atoms with E-state index in [0.29, 0.717) is 18.5 Å². The minimum atomic E-state index is 0.196. The maximum atomic E-state index is 13.0. The Balaban J connectivity index is 1.79. The molecule has 0 radical (unpaired) electrons. The monoisotopic (exact) mass is 318 g/mol. The smallest absolute Gasteiger partial charge is 0.237 e. The summed E-state index contributed by atoms with van der Waals surface area (Å²) in [6.07, 6.45) is 7.10. The molecule has 1 saturated heterocycles. The third kappa shape index (κ3) is 3.60. The first-order valence-corrected chi connectivity index (χ1v) is 9.16. The van der Waals surface area contributed by atoms with Gasteiger partial charge in [-0.05, 0) is 46.1 Å². The predicted molar refractivity (Wildman–Crippen MR) is 91.3 cm³/mol. The van der Waals surface area contributed by atoms with Crippen LogP contribution in [-0.4, -0.2) is 51.6 Å². The zero-order chi connectivity index (χ0) is 16.4. The molecule has 1 saturated carbocycles. The second kappa shape index (κ2) is 7.04. The van der Waals surface area contributed by atoms with Crippen LogP contribution in [-0.2, 0) is 4.79 Å². The van der Waals surface area contributed by atoms with Gasteiger partial charge in [0, 0.05) is 23.8 Å². The lowest BCUT2D eigenvalue weighted by Crippen LogP contribution is -2.43. The van der Waals surface area contributed by atoms with Gasteiger partial charge in [0.2, 0.25) is 5.91 Å². The van der Waals surface area contributed by atoms with Crippen molar-refractivity contribution in [2.75, 3.05) is 19.6 Å². The first-order valence-electron chi connectivity index (χ1n) is 9.16. The van der Waals surface area contributed by atoms with Crippen molar-refractivity contribution in [2.24, 2.45) is 0 Å².